The number of hydrogen-bond donors (Lipinski definition) is 1. The first-order valence-electron chi connectivity index (χ1n) is 8.02. The summed E-state index contributed by atoms with van der Waals surface area (Å²) >= 11 is 0. The normalized spacial score (nSPS) is 24.2. The van der Waals surface area contributed by atoms with Crippen LogP contribution in [0.25, 0.3) is 0 Å². The highest BCUT2D eigenvalue weighted by atomic mass is 15.3. The second-order valence-corrected chi connectivity index (χ2v) is 6.02. The third-order valence-corrected chi connectivity index (χ3v) is 4.39. The smallest absolute Gasteiger partial charge is 0.0853 e. The molecule has 1 fully saturated rings. The van der Waals surface area contributed by atoms with Crippen molar-refractivity contribution in [1.82, 2.24) is 9.78 Å². The molecule has 0 amide bonds. The van der Waals surface area contributed by atoms with Crippen molar-refractivity contribution in [1.29, 1.82) is 0 Å². The number of aromatic nitrogens is 2. The van der Waals surface area contributed by atoms with Gasteiger partial charge in [0.05, 0.1) is 11.4 Å². The quantitative estimate of drug-likeness (QED) is 0.809. The number of hydrogen-bond acceptors (Lipinski definition) is 2. The minimum absolute atomic E-state index is 0.649. The molecular formula is C16H29N3. The molecule has 19 heavy (non-hydrogen) atoms. The molecule has 108 valence electrons. The number of anilines is 1. The van der Waals surface area contributed by atoms with Gasteiger partial charge in [0.1, 0.15) is 0 Å². The van der Waals surface area contributed by atoms with Crippen molar-refractivity contribution in [3.8, 4) is 0 Å². The lowest BCUT2D eigenvalue weighted by molar-refractivity contribution is 0.422. The summed E-state index contributed by atoms with van der Waals surface area (Å²) in [5.41, 5.74) is 2.46. The first-order chi connectivity index (χ1) is 9.22. The highest BCUT2D eigenvalue weighted by Gasteiger charge is 2.19. The Hall–Kier alpha value is -0.990. The van der Waals surface area contributed by atoms with Crippen LogP contribution in [0.5, 0.6) is 0 Å². The number of rotatable bonds is 5. The van der Waals surface area contributed by atoms with Crippen LogP contribution < -0.4 is 5.32 Å². The van der Waals surface area contributed by atoms with Gasteiger partial charge in [-0.15, -0.1) is 0 Å². The van der Waals surface area contributed by atoms with Crippen LogP contribution >= 0.6 is 0 Å². The van der Waals surface area contributed by atoms with E-state index in [1.54, 1.807) is 0 Å². The van der Waals surface area contributed by atoms with Gasteiger partial charge in [0.2, 0.25) is 0 Å². The molecule has 0 radical (unpaired) electrons. The van der Waals surface area contributed by atoms with Crippen LogP contribution in [0.2, 0.25) is 0 Å². The first-order valence-corrected chi connectivity index (χ1v) is 8.02. The molecule has 1 saturated carbocycles. The van der Waals surface area contributed by atoms with Gasteiger partial charge in [0, 0.05) is 19.3 Å². The molecule has 1 heterocycles. The summed E-state index contributed by atoms with van der Waals surface area (Å²) in [5, 5.41) is 8.26. The topological polar surface area (TPSA) is 29.9 Å². The molecular weight excluding hydrogens is 234 g/mol. The second kappa shape index (κ2) is 6.97. The fourth-order valence-corrected chi connectivity index (χ4v) is 3.36. The van der Waals surface area contributed by atoms with Gasteiger partial charge in [-0.1, -0.05) is 39.5 Å². The van der Waals surface area contributed by atoms with E-state index < -0.39 is 0 Å². The Kier molecular flexibility index (Phi) is 5.29. The average Bonchev–Trinajstić information content (AvgIpc) is 2.59. The zero-order valence-electron chi connectivity index (χ0n) is 12.8. The van der Waals surface area contributed by atoms with Gasteiger partial charge >= 0.3 is 0 Å². The Bertz CT molecular complexity index is 383. The zero-order chi connectivity index (χ0) is 13.7. The van der Waals surface area contributed by atoms with Crippen LogP contribution in [0.3, 0.4) is 0 Å². The summed E-state index contributed by atoms with van der Waals surface area (Å²) in [6.07, 6.45) is 12.7. The van der Waals surface area contributed by atoms with E-state index in [1.807, 2.05) is 11.7 Å². The van der Waals surface area contributed by atoms with E-state index in [-0.39, 0.29) is 0 Å². The molecule has 1 aromatic heterocycles. The van der Waals surface area contributed by atoms with Gasteiger partial charge < -0.3 is 5.32 Å². The molecule has 1 N–H and O–H groups in total. The lowest BCUT2D eigenvalue weighted by Gasteiger charge is -2.17. The maximum Gasteiger partial charge on any atom is 0.0853 e. The Balaban J connectivity index is 1.92. The monoisotopic (exact) mass is 263 g/mol. The number of nitrogens with one attached hydrogen (secondary N) is 1. The Morgan fingerprint density at radius 2 is 2.11 bits per heavy atom. The maximum atomic E-state index is 4.52. The molecule has 2 rings (SSSR count). The largest absolute Gasteiger partial charge is 0.380 e. The molecule has 0 aliphatic heterocycles. The Labute approximate surface area is 117 Å². The summed E-state index contributed by atoms with van der Waals surface area (Å²) in [5.74, 6) is 0.969. The van der Waals surface area contributed by atoms with Crippen LogP contribution in [-0.2, 0) is 13.5 Å². The third-order valence-electron chi connectivity index (χ3n) is 4.39. The fourth-order valence-electron chi connectivity index (χ4n) is 3.36. The molecule has 0 aromatic carbocycles. The predicted molar refractivity (Wildman–Crippen MR) is 81.5 cm³/mol. The van der Waals surface area contributed by atoms with Crippen molar-refractivity contribution in [3.05, 3.63) is 11.9 Å². The van der Waals surface area contributed by atoms with E-state index in [4.69, 9.17) is 0 Å². The predicted octanol–water partition coefficient (Wildman–Crippen LogP) is 4.14. The van der Waals surface area contributed by atoms with Gasteiger partial charge in [-0.05, 0) is 31.6 Å². The van der Waals surface area contributed by atoms with Gasteiger partial charge in [-0.25, -0.2) is 0 Å². The van der Waals surface area contributed by atoms with E-state index in [0.717, 1.165) is 12.3 Å². The molecule has 1 aromatic rings. The Morgan fingerprint density at radius 3 is 2.84 bits per heavy atom. The van der Waals surface area contributed by atoms with Crippen molar-refractivity contribution < 1.29 is 0 Å². The Morgan fingerprint density at radius 1 is 1.26 bits per heavy atom. The number of aryl methyl sites for hydroxylation is 2. The minimum atomic E-state index is 0.649. The molecule has 3 heteroatoms. The molecule has 2 unspecified atom stereocenters. The van der Waals surface area contributed by atoms with Crippen molar-refractivity contribution in [2.24, 2.45) is 13.0 Å². The summed E-state index contributed by atoms with van der Waals surface area (Å²) in [6.45, 7) is 4.49. The molecule has 0 spiro atoms. The van der Waals surface area contributed by atoms with E-state index in [0.29, 0.717) is 6.04 Å². The van der Waals surface area contributed by atoms with Crippen molar-refractivity contribution in [3.63, 3.8) is 0 Å². The van der Waals surface area contributed by atoms with Crippen LogP contribution in [0.15, 0.2) is 6.20 Å². The summed E-state index contributed by atoms with van der Waals surface area (Å²) in [7, 11) is 2.01. The van der Waals surface area contributed by atoms with E-state index >= 15 is 0 Å². The minimum Gasteiger partial charge on any atom is -0.380 e. The lowest BCUT2D eigenvalue weighted by Crippen LogP contribution is -2.19. The SMILES string of the molecule is CCCC1CCCC(Nc2cn(C)nc2CC)CC1. The second-order valence-electron chi connectivity index (χ2n) is 6.02. The van der Waals surface area contributed by atoms with Crippen LogP contribution in [-0.4, -0.2) is 15.8 Å². The standard InChI is InChI=1S/C16H29N3/c1-4-7-13-8-6-9-14(11-10-13)17-16-12-19(3)18-15(16)5-2/h12-14,17H,4-11H2,1-3H3. The fraction of sp³-hybridized carbons (Fsp3) is 0.812. The number of nitrogens with zero attached hydrogens (tertiary/aromatic N) is 2. The van der Waals surface area contributed by atoms with Crippen molar-refractivity contribution in [2.45, 2.75) is 71.3 Å². The molecule has 0 bridgehead atoms. The van der Waals surface area contributed by atoms with Crippen molar-refractivity contribution >= 4 is 5.69 Å². The average molecular weight is 263 g/mol. The summed E-state index contributed by atoms with van der Waals surface area (Å²) < 4.78 is 1.93. The highest BCUT2D eigenvalue weighted by molar-refractivity contribution is 5.47. The van der Waals surface area contributed by atoms with Gasteiger partial charge in [0.25, 0.3) is 0 Å². The molecule has 0 saturated heterocycles. The maximum absolute atomic E-state index is 4.52. The summed E-state index contributed by atoms with van der Waals surface area (Å²) in [4.78, 5) is 0. The van der Waals surface area contributed by atoms with Crippen LogP contribution in [0.4, 0.5) is 5.69 Å². The lowest BCUT2D eigenvalue weighted by atomic mass is 9.95. The highest BCUT2D eigenvalue weighted by Crippen LogP contribution is 2.28. The van der Waals surface area contributed by atoms with Crippen molar-refractivity contribution in [2.75, 3.05) is 5.32 Å². The molecule has 3 nitrogen and oxygen atoms in total. The summed E-state index contributed by atoms with van der Waals surface area (Å²) in [6, 6.07) is 0.649. The molecule has 2 atom stereocenters. The van der Waals surface area contributed by atoms with Gasteiger partial charge in [0.15, 0.2) is 0 Å². The third kappa shape index (κ3) is 3.99. The van der Waals surface area contributed by atoms with Gasteiger partial charge in [-0.2, -0.15) is 5.10 Å². The molecule has 1 aliphatic carbocycles. The van der Waals surface area contributed by atoms with E-state index in [9.17, 15) is 0 Å². The van der Waals surface area contributed by atoms with Crippen LogP contribution in [0.1, 0.15) is 64.5 Å². The van der Waals surface area contributed by atoms with Gasteiger partial charge in [-0.3, -0.25) is 4.68 Å². The van der Waals surface area contributed by atoms with E-state index in [1.165, 1.54) is 56.3 Å². The van der Waals surface area contributed by atoms with E-state index in [2.05, 4.69) is 30.5 Å². The first kappa shape index (κ1) is 14.4. The van der Waals surface area contributed by atoms with Crippen LogP contribution in [0, 0.1) is 5.92 Å². The zero-order valence-corrected chi connectivity index (χ0v) is 12.8. The molecule has 1 aliphatic rings.